The van der Waals surface area contributed by atoms with Gasteiger partial charge in [-0.25, -0.2) is 4.79 Å². The topological polar surface area (TPSA) is 51.5 Å². The zero-order chi connectivity index (χ0) is 9.68. The summed E-state index contributed by atoms with van der Waals surface area (Å²) in [5.41, 5.74) is 0. The van der Waals surface area contributed by atoms with E-state index < -0.39 is 5.97 Å². The van der Waals surface area contributed by atoms with Crippen LogP contribution in [0.25, 0.3) is 0 Å². The molecule has 1 N–H and O–H groups in total. The summed E-state index contributed by atoms with van der Waals surface area (Å²) in [4.78, 5) is 11.1. The molecule has 0 fully saturated rings. The Labute approximate surface area is 76.9 Å². The van der Waals surface area contributed by atoms with E-state index in [1.165, 1.54) is 0 Å². The minimum Gasteiger partial charge on any atom is -0.460 e. The molecule has 1 heterocycles. The zero-order valence-electron chi connectivity index (χ0n) is 7.79. The Morgan fingerprint density at radius 2 is 2.38 bits per heavy atom. The fourth-order valence-electron chi connectivity index (χ4n) is 0.959. The summed E-state index contributed by atoms with van der Waals surface area (Å²) in [7, 11) is 1.81. The van der Waals surface area contributed by atoms with Gasteiger partial charge in [0.05, 0.1) is 13.2 Å². The molecule has 0 spiro atoms. The fraction of sp³-hybridized carbons (Fsp3) is 0.444. The number of rotatable bonds is 4. The van der Waals surface area contributed by atoms with E-state index in [4.69, 9.17) is 9.15 Å². The van der Waals surface area contributed by atoms with Gasteiger partial charge in [0.15, 0.2) is 0 Å². The minimum absolute atomic E-state index is 0.257. The number of furan rings is 1. The van der Waals surface area contributed by atoms with Crippen LogP contribution in [0.1, 0.15) is 23.2 Å². The molecule has 0 unspecified atom stereocenters. The van der Waals surface area contributed by atoms with Gasteiger partial charge in [-0.15, -0.1) is 0 Å². The lowest BCUT2D eigenvalue weighted by Gasteiger charge is -1.97. The fourth-order valence-corrected chi connectivity index (χ4v) is 0.959. The van der Waals surface area contributed by atoms with Crippen molar-refractivity contribution in [2.24, 2.45) is 0 Å². The molecule has 0 bridgehead atoms. The molecular weight excluding hydrogens is 170 g/mol. The summed E-state index contributed by atoms with van der Waals surface area (Å²) >= 11 is 0. The Bertz CT molecular complexity index is 280. The highest BCUT2D eigenvalue weighted by atomic mass is 16.5. The molecule has 13 heavy (non-hydrogen) atoms. The van der Waals surface area contributed by atoms with Crippen molar-refractivity contribution in [3.63, 3.8) is 0 Å². The molecule has 0 aliphatic heterocycles. The van der Waals surface area contributed by atoms with Crippen LogP contribution in [0.15, 0.2) is 16.5 Å². The monoisotopic (exact) mass is 183 g/mol. The smallest absolute Gasteiger partial charge is 0.374 e. The quantitative estimate of drug-likeness (QED) is 0.712. The van der Waals surface area contributed by atoms with Gasteiger partial charge in [0, 0.05) is 0 Å². The molecule has 0 saturated heterocycles. The van der Waals surface area contributed by atoms with Crippen molar-refractivity contribution in [2.45, 2.75) is 13.5 Å². The lowest BCUT2D eigenvalue weighted by Crippen LogP contribution is -2.05. The van der Waals surface area contributed by atoms with Gasteiger partial charge >= 0.3 is 5.97 Å². The van der Waals surface area contributed by atoms with Crippen molar-refractivity contribution in [1.82, 2.24) is 5.32 Å². The third-order valence-corrected chi connectivity index (χ3v) is 1.49. The third-order valence-electron chi connectivity index (χ3n) is 1.49. The number of ether oxygens (including phenoxy) is 1. The van der Waals surface area contributed by atoms with Crippen molar-refractivity contribution in [3.8, 4) is 0 Å². The molecule has 0 radical (unpaired) electrons. The third kappa shape index (κ3) is 2.59. The Hall–Kier alpha value is -1.29. The van der Waals surface area contributed by atoms with Gasteiger partial charge in [-0.3, -0.25) is 0 Å². The van der Waals surface area contributed by atoms with E-state index in [0.717, 1.165) is 5.76 Å². The molecule has 72 valence electrons. The predicted octanol–water partition coefficient (Wildman–Crippen LogP) is 1.18. The SMILES string of the molecule is CCOC(=O)c1ccc(CNC)o1. The molecule has 1 aromatic rings. The second-order valence-corrected chi connectivity index (χ2v) is 2.52. The van der Waals surface area contributed by atoms with Crippen molar-refractivity contribution in [2.75, 3.05) is 13.7 Å². The summed E-state index contributed by atoms with van der Waals surface area (Å²) < 4.78 is 9.97. The Kier molecular flexibility index (Phi) is 3.52. The van der Waals surface area contributed by atoms with Gasteiger partial charge in [-0.2, -0.15) is 0 Å². The summed E-state index contributed by atoms with van der Waals surface area (Å²) in [6, 6.07) is 3.37. The molecule has 0 aliphatic rings. The molecule has 4 heteroatoms. The standard InChI is InChI=1S/C9H13NO3/c1-3-12-9(11)8-5-4-7(13-8)6-10-2/h4-5,10H,3,6H2,1-2H3. The van der Waals surface area contributed by atoms with Crippen molar-refractivity contribution in [3.05, 3.63) is 23.7 Å². The van der Waals surface area contributed by atoms with Crippen LogP contribution in [-0.2, 0) is 11.3 Å². The first-order valence-corrected chi connectivity index (χ1v) is 4.18. The van der Waals surface area contributed by atoms with E-state index in [2.05, 4.69) is 5.32 Å². The molecular formula is C9H13NO3. The van der Waals surface area contributed by atoms with E-state index in [-0.39, 0.29) is 5.76 Å². The number of esters is 1. The molecule has 0 amide bonds. The van der Waals surface area contributed by atoms with Crippen LogP contribution in [0.4, 0.5) is 0 Å². The van der Waals surface area contributed by atoms with Gasteiger partial charge in [0.25, 0.3) is 0 Å². The molecule has 0 atom stereocenters. The molecule has 4 nitrogen and oxygen atoms in total. The van der Waals surface area contributed by atoms with E-state index in [9.17, 15) is 4.79 Å². The predicted molar refractivity (Wildman–Crippen MR) is 47.4 cm³/mol. The minimum atomic E-state index is -0.412. The van der Waals surface area contributed by atoms with Gasteiger partial charge < -0.3 is 14.5 Å². The van der Waals surface area contributed by atoms with Crippen LogP contribution < -0.4 is 5.32 Å². The summed E-state index contributed by atoms with van der Waals surface area (Å²) in [5.74, 6) is 0.572. The van der Waals surface area contributed by atoms with E-state index in [1.807, 2.05) is 7.05 Å². The van der Waals surface area contributed by atoms with Crippen LogP contribution >= 0.6 is 0 Å². The molecule has 0 saturated carbocycles. The highest BCUT2D eigenvalue weighted by Crippen LogP contribution is 2.08. The number of hydrogen-bond acceptors (Lipinski definition) is 4. The molecule has 0 aliphatic carbocycles. The van der Waals surface area contributed by atoms with E-state index >= 15 is 0 Å². The van der Waals surface area contributed by atoms with Crippen LogP contribution in [0.3, 0.4) is 0 Å². The Morgan fingerprint density at radius 1 is 1.62 bits per heavy atom. The first kappa shape index (κ1) is 9.80. The lowest BCUT2D eigenvalue weighted by atomic mass is 10.4. The van der Waals surface area contributed by atoms with Crippen molar-refractivity contribution >= 4 is 5.97 Å². The average molecular weight is 183 g/mol. The number of carbonyl (C=O) groups excluding carboxylic acids is 1. The van der Waals surface area contributed by atoms with Crippen molar-refractivity contribution in [1.29, 1.82) is 0 Å². The summed E-state index contributed by atoms with van der Waals surface area (Å²) in [6.07, 6.45) is 0. The molecule has 1 aromatic heterocycles. The van der Waals surface area contributed by atoms with E-state index in [0.29, 0.717) is 13.2 Å². The van der Waals surface area contributed by atoms with Crippen LogP contribution in [0, 0.1) is 0 Å². The largest absolute Gasteiger partial charge is 0.460 e. The molecule has 1 rings (SSSR count). The van der Waals surface area contributed by atoms with Gasteiger partial charge in [0.1, 0.15) is 5.76 Å². The first-order valence-electron chi connectivity index (χ1n) is 4.18. The highest BCUT2D eigenvalue weighted by molar-refractivity contribution is 5.86. The summed E-state index contributed by atoms with van der Waals surface area (Å²) in [6.45, 7) is 2.73. The highest BCUT2D eigenvalue weighted by Gasteiger charge is 2.10. The van der Waals surface area contributed by atoms with Crippen molar-refractivity contribution < 1.29 is 13.9 Å². The summed E-state index contributed by atoms with van der Waals surface area (Å²) in [5, 5.41) is 2.92. The van der Waals surface area contributed by atoms with Gasteiger partial charge in [-0.1, -0.05) is 0 Å². The van der Waals surface area contributed by atoms with Crippen LogP contribution in [0.2, 0.25) is 0 Å². The number of nitrogens with one attached hydrogen (secondary N) is 1. The average Bonchev–Trinajstić information content (AvgIpc) is 2.54. The van der Waals surface area contributed by atoms with Crippen LogP contribution in [-0.4, -0.2) is 19.6 Å². The lowest BCUT2D eigenvalue weighted by molar-refractivity contribution is 0.0488. The first-order chi connectivity index (χ1) is 6.27. The zero-order valence-corrected chi connectivity index (χ0v) is 7.79. The maximum absolute atomic E-state index is 11.1. The second kappa shape index (κ2) is 4.67. The number of carbonyl (C=O) groups is 1. The van der Waals surface area contributed by atoms with Gasteiger partial charge in [0.2, 0.25) is 5.76 Å². The van der Waals surface area contributed by atoms with Gasteiger partial charge in [-0.05, 0) is 26.1 Å². The second-order valence-electron chi connectivity index (χ2n) is 2.52. The number of hydrogen-bond donors (Lipinski definition) is 1. The normalized spacial score (nSPS) is 10.0. The Morgan fingerprint density at radius 3 is 3.00 bits per heavy atom. The maximum atomic E-state index is 11.1. The van der Waals surface area contributed by atoms with Crippen LogP contribution in [0.5, 0.6) is 0 Å². The van der Waals surface area contributed by atoms with E-state index in [1.54, 1.807) is 19.1 Å². The maximum Gasteiger partial charge on any atom is 0.374 e. The molecule has 0 aromatic carbocycles. The Balaban J connectivity index is 2.62.